The van der Waals surface area contributed by atoms with Crippen LogP contribution in [0.4, 0.5) is 5.69 Å². The van der Waals surface area contributed by atoms with Crippen molar-refractivity contribution in [2.24, 2.45) is 0 Å². The molecule has 1 aliphatic rings. The summed E-state index contributed by atoms with van der Waals surface area (Å²) in [6, 6.07) is 9.52. The van der Waals surface area contributed by atoms with E-state index >= 15 is 0 Å². The van der Waals surface area contributed by atoms with Gasteiger partial charge in [-0.15, -0.1) is 0 Å². The fourth-order valence-electron chi connectivity index (χ4n) is 2.25. The van der Waals surface area contributed by atoms with E-state index in [1.807, 2.05) is 38.1 Å². The summed E-state index contributed by atoms with van der Waals surface area (Å²) in [4.78, 5) is 11.1. The number of anilines is 1. The molecule has 3 N–H and O–H groups in total. The second-order valence-corrected chi connectivity index (χ2v) is 5.61. The molecular weight excluding hydrogens is 270 g/mol. The third kappa shape index (κ3) is 3.34. The highest BCUT2D eigenvalue weighted by Gasteiger charge is 2.28. The van der Waals surface area contributed by atoms with E-state index in [2.05, 4.69) is 15.5 Å². The summed E-state index contributed by atoms with van der Waals surface area (Å²) in [5, 5.41) is 8.73. The van der Waals surface area contributed by atoms with Crippen molar-refractivity contribution >= 4 is 5.69 Å². The summed E-state index contributed by atoms with van der Waals surface area (Å²) in [5.74, 6) is -0.498. The van der Waals surface area contributed by atoms with Crippen LogP contribution in [-0.4, -0.2) is 35.2 Å². The van der Waals surface area contributed by atoms with Crippen LogP contribution in [0.25, 0.3) is 11.3 Å². The first-order valence-electron chi connectivity index (χ1n) is 6.94. The maximum Gasteiger partial charge on any atom is 0.264 e. The molecule has 1 saturated heterocycles. The van der Waals surface area contributed by atoms with Crippen LogP contribution in [0.1, 0.15) is 13.8 Å². The number of aromatic amines is 2. The van der Waals surface area contributed by atoms with Crippen molar-refractivity contribution in [2.45, 2.75) is 25.7 Å². The Balaban J connectivity index is 1.64. The van der Waals surface area contributed by atoms with Crippen LogP contribution in [0.15, 0.2) is 35.1 Å². The van der Waals surface area contributed by atoms with Crippen LogP contribution in [0.2, 0.25) is 0 Å². The molecule has 1 fully saturated rings. The minimum absolute atomic E-state index is 0.133. The molecule has 1 aromatic heterocycles. The minimum atomic E-state index is -0.498. The number of aromatic nitrogens is 2. The second-order valence-electron chi connectivity index (χ2n) is 5.61. The topological polar surface area (TPSA) is 79.1 Å². The first-order valence-corrected chi connectivity index (χ1v) is 6.94. The number of ether oxygens (including phenoxy) is 2. The van der Waals surface area contributed by atoms with Gasteiger partial charge in [0.05, 0.1) is 24.9 Å². The van der Waals surface area contributed by atoms with E-state index in [1.54, 1.807) is 0 Å². The van der Waals surface area contributed by atoms with E-state index in [-0.39, 0.29) is 11.6 Å². The summed E-state index contributed by atoms with van der Waals surface area (Å²) < 4.78 is 11.2. The van der Waals surface area contributed by atoms with Gasteiger partial charge < -0.3 is 14.8 Å². The molecule has 21 heavy (non-hydrogen) atoms. The van der Waals surface area contributed by atoms with Crippen LogP contribution in [0.3, 0.4) is 0 Å². The standard InChI is InChI=1S/C15H19N3O3/c1-15(2)20-8-12(9-21-15)16-11-5-3-10(4-6-11)13-7-14(19)18-17-13/h3-7,12,16H,8-9H2,1-2H3,(H2,17,18,19). The lowest BCUT2D eigenvalue weighted by Crippen LogP contribution is -2.45. The summed E-state index contributed by atoms with van der Waals surface area (Å²) in [6.45, 7) is 5.05. The molecular formula is C15H19N3O3. The highest BCUT2D eigenvalue weighted by atomic mass is 16.7. The molecule has 0 atom stereocenters. The summed E-state index contributed by atoms with van der Waals surface area (Å²) in [5.41, 5.74) is 2.59. The van der Waals surface area contributed by atoms with E-state index in [9.17, 15) is 4.79 Å². The highest BCUT2D eigenvalue weighted by Crippen LogP contribution is 2.21. The number of benzene rings is 1. The van der Waals surface area contributed by atoms with Crippen molar-refractivity contribution in [1.82, 2.24) is 10.2 Å². The molecule has 6 heteroatoms. The van der Waals surface area contributed by atoms with Crippen LogP contribution in [-0.2, 0) is 9.47 Å². The zero-order valence-corrected chi connectivity index (χ0v) is 12.1. The van der Waals surface area contributed by atoms with Gasteiger partial charge in [0.25, 0.3) is 5.56 Å². The Kier molecular flexibility index (Phi) is 3.57. The van der Waals surface area contributed by atoms with Gasteiger partial charge in [-0.05, 0) is 31.5 Å². The average molecular weight is 289 g/mol. The molecule has 0 amide bonds. The lowest BCUT2D eigenvalue weighted by molar-refractivity contribution is -0.247. The van der Waals surface area contributed by atoms with Gasteiger partial charge in [-0.1, -0.05) is 12.1 Å². The van der Waals surface area contributed by atoms with Gasteiger partial charge in [-0.25, -0.2) is 0 Å². The molecule has 0 spiro atoms. The summed E-state index contributed by atoms with van der Waals surface area (Å²) in [6.07, 6.45) is 0. The SMILES string of the molecule is CC1(C)OCC(Nc2ccc(-c3cc(=O)[nH][nH]3)cc2)CO1. The van der Waals surface area contributed by atoms with Crippen LogP contribution < -0.4 is 10.9 Å². The molecule has 112 valence electrons. The predicted molar refractivity (Wildman–Crippen MR) is 80.2 cm³/mol. The molecule has 3 rings (SSSR count). The van der Waals surface area contributed by atoms with Gasteiger partial charge in [0.1, 0.15) is 0 Å². The van der Waals surface area contributed by atoms with E-state index in [0.717, 1.165) is 16.9 Å². The maximum atomic E-state index is 11.1. The minimum Gasteiger partial charge on any atom is -0.378 e. The van der Waals surface area contributed by atoms with Crippen molar-refractivity contribution < 1.29 is 9.47 Å². The normalized spacial score (nSPS) is 18.6. The molecule has 0 aliphatic carbocycles. The lowest BCUT2D eigenvalue weighted by atomic mass is 10.1. The third-order valence-corrected chi connectivity index (χ3v) is 3.43. The average Bonchev–Trinajstić information content (AvgIpc) is 2.89. The fraction of sp³-hybridized carbons (Fsp3) is 0.400. The molecule has 0 radical (unpaired) electrons. The molecule has 2 heterocycles. The van der Waals surface area contributed by atoms with Crippen molar-refractivity contribution in [1.29, 1.82) is 0 Å². The Morgan fingerprint density at radius 3 is 2.38 bits per heavy atom. The molecule has 1 aromatic carbocycles. The van der Waals surface area contributed by atoms with Gasteiger partial charge in [0.15, 0.2) is 5.79 Å². The number of hydrogen-bond donors (Lipinski definition) is 3. The zero-order chi connectivity index (χ0) is 14.9. The van der Waals surface area contributed by atoms with Gasteiger partial charge >= 0.3 is 0 Å². The Bertz CT molecular complexity index is 647. The molecule has 1 aliphatic heterocycles. The first-order chi connectivity index (χ1) is 10.0. The largest absolute Gasteiger partial charge is 0.378 e. The van der Waals surface area contributed by atoms with Crippen molar-refractivity contribution in [3.05, 3.63) is 40.7 Å². The molecule has 0 bridgehead atoms. The van der Waals surface area contributed by atoms with Crippen molar-refractivity contribution in [2.75, 3.05) is 18.5 Å². The van der Waals surface area contributed by atoms with Crippen molar-refractivity contribution in [3.63, 3.8) is 0 Å². The van der Waals surface area contributed by atoms with Gasteiger partial charge in [0.2, 0.25) is 0 Å². The Morgan fingerprint density at radius 2 is 1.81 bits per heavy atom. The summed E-state index contributed by atoms with van der Waals surface area (Å²) in [7, 11) is 0. The fourth-order valence-corrected chi connectivity index (χ4v) is 2.25. The van der Waals surface area contributed by atoms with E-state index < -0.39 is 5.79 Å². The Hall–Kier alpha value is -2.05. The smallest absolute Gasteiger partial charge is 0.264 e. The maximum absolute atomic E-state index is 11.1. The van der Waals surface area contributed by atoms with Crippen LogP contribution in [0, 0.1) is 0 Å². The molecule has 6 nitrogen and oxygen atoms in total. The molecule has 0 saturated carbocycles. The zero-order valence-electron chi connectivity index (χ0n) is 12.1. The molecule has 2 aromatic rings. The van der Waals surface area contributed by atoms with Gasteiger partial charge in [-0.2, -0.15) is 0 Å². The van der Waals surface area contributed by atoms with Gasteiger partial charge in [0, 0.05) is 11.8 Å². The van der Waals surface area contributed by atoms with E-state index in [1.165, 1.54) is 6.07 Å². The van der Waals surface area contributed by atoms with Crippen LogP contribution >= 0.6 is 0 Å². The number of rotatable bonds is 3. The van der Waals surface area contributed by atoms with Crippen molar-refractivity contribution in [3.8, 4) is 11.3 Å². The van der Waals surface area contributed by atoms with Crippen LogP contribution in [0.5, 0.6) is 0 Å². The Labute approximate surface area is 122 Å². The highest BCUT2D eigenvalue weighted by molar-refractivity contribution is 5.62. The Morgan fingerprint density at radius 1 is 1.14 bits per heavy atom. The monoisotopic (exact) mass is 289 g/mol. The quantitative estimate of drug-likeness (QED) is 0.806. The predicted octanol–water partition coefficient (Wildman–Crippen LogP) is 1.93. The lowest BCUT2D eigenvalue weighted by Gasteiger charge is -2.35. The van der Waals surface area contributed by atoms with Gasteiger partial charge in [-0.3, -0.25) is 15.0 Å². The number of hydrogen-bond acceptors (Lipinski definition) is 4. The first kappa shape index (κ1) is 13.9. The third-order valence-electron chi connectivity index (χ3n) is 3.43. The second kappa shape index (κ2) is 5.38. The van der Waals surface area contributed by atoms with E-state index in [4.69, 9.17) is 9.47 Å². The summed E-state index contributed by atoms with van der Waals surface area (Å²) >= 11 is 0. The molecule has 0 unspecified atom stereocenters. The van der Waals surface area contributed by atoms with E-state index in [0.29, 0.717) is 13.2 Å². The number of nitrogens with one attached hydrogen (secondary N) is 3. The number of H-pyrrole nitrogens is 2.